The van der Waals surface area contributed by atoms with Gasteiger partial charge in [0.25, 0.3) is 0 Å². The van der Waals surface area contributed by atoms with Crippen molar-refractivity contribution in [2.75, 3.05) is 6.61 Å². The molecule has 0 radical (unpaired) electrons. The Bertz CT molecular complexity index is 781. The standard InChI is InChI=1S/C18H16N2O2/c1-2-6-14(7-3-1)22-15-8-4-5-13(11-15)18-16-12-21-10-9-17(16)19-20-18/h1-8,11H,9-10,12H2,(H,19,20). The van der Waals surface area contributed by atoms with Crippen LogP contribution in [0.25, 0.3) is 11.3 Å². The van der Waals surface area contributed by atoms with Gasteiger partial charge in [-0.2, -0.15) is 5.10 Å². The van der Waals surface area contributed by atoms with Gasteiger partial charge in [0.05, 0.1) is 18.9 Å². The summed E-state index contributed by atoms with van der Waals surface area (Å²) in [5.41, 5.74) is 4.32. The summed E-state index contributed by atoms with van der Waals surface area (Å²) < 4.78 is 11.4. The molecule has 0 bridgehead atoms. The molecule has 0 saturated carbocycles. The summed E-state index contributed by atoms with van der Waals surface area (Å²) in [6, 6.07) is 17.8. The highest BCUT2D eigenvalue weighted by atomic mass is 16.5. The van der Waals surface area contributed by atoms with E-state index in [9.17, 15) is 0 Å². The Labute approximate surface area is 128 Å². The lowest BCUT2D eigenvalue weighted by atomic mass is 10.0. The summed E-state index contributed by atoms with van der Waals surface area (Å²) in [4.78, 5) is 0. The predicted molar refractivity (Wildman–Crippen MR) is 83.9 cm³/mol. The van der Waals surface area contributed by atoms with Crippen LogP contribution in [0.2, 0.25) is 0 Å². The molecule has 110 valence electrons. The first-order valence-electron chi connectivity index (χ1n) is 7.37. The zero-order valence-electron chi connectivity index (χ0n) is 12.1. The summed E-state index contributed by atoms with van der Waals surface area (Å²) in [5, 5.41) is 7.58. The molecule has 1 aliphatic heterocycles. The molecule has 4 nitrogen and oxygen atoms in total. The number of ether oxygens (including phenoxy) is 2. The average Bonchev–Trinajstić information content (AvgIpc) is 3.00. The third-order valence-corrected chi connectivity index (χ3v) is 3.78. The highest BCUT2D eigenvalue weighted by Crippen LogP contribution is 2.30. The van der Waals surface area contributed by atoms with Crippen LogP contribution in [-0.4, -0.2) is 16.8 Å². The normalized spacial score (nSPS) is 13.6. The fourth-order valence-corrected chi connectivity index (χ4v) is 2.68. The van der Waals surface area contributed by atoms with Crippen LogP contribution in [0.5, 0.6) is 11.5 Å². The Morgan fingerprint density at radius 1 is 1.00 bits per heavy atom. The maximum Gasteiger partial charge on any atom is 0.128 e. The van der Waals surface area contributed by atoms with Crippen molar-refractivity contribution in [1.82, 2.24) is 10.2 Å². The Hall–Kier alpha value is -2.59. The van der Waals surface area contributed by atoms with Gasteiger partial charge in [0.15, 0.2) is 0 Å². The zero-order valence-corrected chi connectivity index (χ0v) is 12.1. The first-order valence-corrected chi connectivity index (χ1v) is 7.37. The van der Waals surface area contributed by atoms with Crippen LogP contribution in [0.1, 0.15) is 11.3 Å². The third kappa shape index (κ3) is 2.49. The first kappa shape index (κ1) is 13.1. The second-order valence-electron chi connectivity index (χ2n) is 5.27. The van der Waals surface area contributed by atoms with Crippen LogP contribution < -0.4 is 4.74 Å². The Morgan fingerprint density at radius 3 is 2.77 bits per heavy atom. The fourth-order valence-electron chi connectivity index (χ4n) is 2.68. The molecule has 3 aromatic rings. The highest BCUT2D eigenvalue weighted by Gasteiger charge is 2.18. The molecule has 22 heavy (non-hydrogen) atoms. The van der Waals surface area contributed by atoms with Gasteiger partial charge in [0.1, 0.15) is 11.5 Å². The van der Waals surface area contributed by atoms with E-state index in [1.165, 1.54) is 5.69 Å². The van der Waals surface area contributed by atoms with E-state index < -0.39 is 0 Å². The highest BCUT2D eigenvalue weighted by molar-refractivity contribution is 5.65. The molecule has 1 aliphatic rings. The van der Waals surface area contributed by atoms with Crippen LogP contribution >= 0.6 is 0 Å². The van der Waals surface area contributed by atoms with Gasteiger partial charge >= 0.3 is 0 Å². The summed E-state index contributed by atoms with van der Waals surface area (Å²) in [6.45, 7) is 1.37. The van der Waals surface area contributed by atoms with Crippen molar-refractivity contribution in [3.8, 4) is 22.8 Å². The number of benzene rings is 2. The van der Waals surface area contributed by atoms with Crippen molar-refractivity contribution < 1.29 is 9.47 Å². The second kappa shape index (κ2) is 5.66. The molecule has 0 fully saturated rings. The maximum atomic E-state index is 5.89. The summed E-state index contributed by atoms with van der Waals surface area (Å²) in [5.74, 6) is 1.63. The van der Waals surface area contributed by atoms with E-state index in [0.29, 0.717) is 6.61 Å². The quantitative estimate of drug-likeness (QED) is 0.795. The number of hydrogen-bond donors (Lipinski definition) is 1. The van der Waals surface area contributed by atoms with Gasteiger partial charge in [0.2, 0.25) is 0 Å². The Balaban J connectivity index is 1.66. The second-order valence-corrected chi connectivity index (χ2v) is 5.27. The number of hydrogen-bond acceptors (Lipinski definition) is 3. The number of H-pyrrole nitrogens is 1. The van der Waals surface area contributed by atoms with Gasteiger partial charge in [-0.25, -0.2) is 0 Å². The molecule has 4 heteroatoms. The van der Waals surface area contributed by atoms with E-state index in [1.807, 2.05) is 54.6 Å². The number of nitrogens with zero attached hydrogens (tertiary/aromatic N) is 1. The molecule has 2 aromatic carbocycles. The minimum absolute atomic E-state index is 0.616. The molecule has 1 N–H and O–H groups in total. The predicted octanol–water partition coefficient (Wildman–Crippen LogP) is 3.94. The van der Waals surface area contributed by atoms with Gasteiger partial charge in [-0.1, -0.05) is 30.3 Å². The van der Waals surface area contributed by atoms with Crippen molar-refractivity contribution in [2.45, 2.75) is 13.0 Å². The molecule has 0 aliphatic carbocycles. The van der Waals surface area contributed by atoms with Crippen molar-refractivity contribution in [1.29, 1.82) is 0 Å². The number of aromatic nitrogens is 2. The molecular formula is C18H16N2O2. The number of aromatic amines is 1. The van der Waals surface area contributed by atoms with Crippen molar-refractivity contribution in [3.63, 3.8) is 0 Å². The van der Waals surface area contributed by atoms with Crippen LogP contribution in [0.4, 0.5) is 0 Å². The van der Waals surface area contributed by atoms with Crippen LogP contribution in [0, 0.1) is 0 Å². The Morgan fingerprint density at radius 2 is 1.86 bits per heavy atom. The summed E-state index contributed by atoms with van der Waals surface area (Å²) in [7, 11) is 0. The lowest BCUT2D eigenvalue weighted by Gasteiger charge is -2.13. The van der Waals surface area contributed by atoms with Gasteiger partial charge in [-0.3, -0.25) is 5.10 Å². The lowest BCUT2D eigenvalue weighted by Crippen LogP contribution is -2.08. The number of fused-ring (bicyclic) bond motifs is 1. The molecule has 1 aromatic heterocycles. The number of rotatable bonds is 3. The first-order chi connectivity index (χ1) is 10.9. The van der Waals surface area contributed by atoms with Crippen molar-refractivity contribution in [3.05, 3.63) is 65.9 Å². The van der Waals surface area contributed by atoms with E-state index in [-0.39, 0.29) is 0 Å². The summed E-state index contributed by atoms with van der Waals surface area (Å²) >= 11 is 0. The molecule has 0 atom stereocenters. The van der Waals surface area contributed by atoms with Gasteiger partial charge < -0.3 is 9.47 Å². The molecular weight excluding hydrogens is 276 g/mol. The molecule has 0 spiro atoms. The molecule has 0 unspecified atom stereocenters. The van der Waals surface area contributed by atoms with E-state index in [2.05, 4.69) is 10.2 Å². The maximum absolute atomic E-state index is 5.89. The van der Waals surface area contributed by atoms with E-state index in [4.69, 9.17) is 9.47 Å². The van der Waals surface area contributed by atoms with Gasteiger partial charge in [-0.05, 0) is 24.3 Å². The minimum atomic E-state index is 0.616. The minimum Gasteiger partial charge on any atom is -0.457 e. The lowest BCUT2D eigenvalue weighted by molar-refractivity contribution is 0.110. The summed E-state index contributed by atoms with van der Waals surface area (Å²) in [6.07, 6.45) is 0.891. The van der Waals surface area contributed by atoms with E-state index in [0.717, 1.165) is 41.3 Å². The third-order valence-electron chi connectivity index (χ3n) is 3.78. The van der Waals surface area contributed by atoms with Crippen molar-refractivity contribution in [2.24, 2.45) is 0 Å². The van der Waals surface area contributed by atoms with E-state index in [1.54, 1.807) is 0 Å². The van der Waals surface area contributed by atoms with Crippen LogP contribution in [0.3, 0.4) is 0 Å². The van der Waals surface area contributed by atoms with Crippen LogP contribution in [0.15, 0.2) is 54.6 Å². The zero-order chi connectivity index (χ0) is 14.8. The molecule has 4 rings (SSSR count). The van der Waals surface area contributed by atoms with E-state index >= 15 is 0 Å². The largest absolute Gasteiger partial charge is 0.457 e. The Kier molecular flexibility index (Phi) is 3.37. The van der Waals surface area contributed by atoms with Gasteiger partial charge in [-0.15, -0.1) is 0 Å². The fraction of sp³-hybridized carbons (Fsp3) is 0.167. The topological polar surface area (TPSA) is 47.1 Å². The monoisotopic (exact) mass is 292 g/mol. The smallest absolute Gasteiger partial charge is 0.128 e. The molecule has 0 amide bonds. The average molecular weight is 292 g/mol. The van der Waals surface area contributed by atoms with Crippen LogP contribution in [-0.2, 0) is 17.8 Å². The van der Waals surface area contributed by atoms with Crippen molar-refractivity contribution >= 4 is 0 Å². The SMILES string of the molecule is c1ccc(Oc2cccc(-c3n[nH]c4c3COCC4)c2)cc1. The van der Waals surface area contributed by atoms with Gasteiger partial charge in [0, 0.05) is 23.2 Å². The molecule has 2 heterocycles. The number of nitrogens with one attached hydrogen (secondary N) is 1. The molecule has 0 saturated heterocycles. The number of para-hydroxylation sites is 1.